The number of carbonyl (C=O) groups is 1. The summed E-state index contributed by atoms with van der Waals surface area (Å²) < 4.78 is 29.6. The molecule has 4 N–H and O–H groups in total. The fourth-order valence-corrected chi connectivity index (χ4v) is 3.17. The average molecular weight is 301 g/mol. The van der Waals surface area contributed by atoms with Crippen molar-refractivity contribution < 1.29 is 23.1 Å². The molecule has 0 amide bonds. The minimum Gasteiger partial charge on any atom is -0.478 e. The zero-order valence-electron chi connectivity index (χ0n) is 10.6. The van der Waals surface area contributed by atoms with Gasteiger partial charge in [-0.1, -0.05) is 0 Å². The van der Waals surface area contributed by atoms with Gasteiger partial charge in [0.2, 0.25) is 0 Å². The van der Waals surface area contributed by atoms with Crippen LogP contribution in [0.3, 0.4) is 0 Å². The molecule has 1 aromatic carbocycles. The third-order valence-corrected chi connectivity index (χ3v) is 4.20. The van der Waals surface area contributed by atoms with Gasteiger partial charge in [0.1, 0.15) is 0 Å². The molecule has 0 bridgehead atoms. The van der Waals surface area contributed by atoms with Crippen LogP contribution < -0.4 is 10.6 Å². The summed E-state index contributed by atoms with van der Waals surface area (Å²) in [5, 5.41) is 10.5. The molecule has 110 valence electrons. The summed E-state index contributed by atoms with van der Waals surface area (Å²) in [6.07, 6.45) is 0. The van der Waals surface area contributed by atoms with Gasteiger partial charge < -0.3 is 15.6 Å². The topological polar surface area (TPSA) is 122 Å². The van der Waals surface area contributed by atoms with E-state index in [1.807, 2.05) is 0 Å². The number of morpholine rings is 1. The Balaban J connectivity index is 2.32. The quantitative estimate of drug-likeness (QED) is 0.640. The molecule has 20 heavy (non-hydrogen) atoms. The van der Waals surface area contributed by atoms with Crippen molar-refractivity contribution in [3.8, 4) is 0 Å². The Morgan fingerprint density at radius 2 is 2.00 bits per heavy atom. The summed E-state index contributed by atoms with van der Waals surface area (Å²) in [6.45, 7) is 1.60. The molecule has 0 saturated carbocycles. The molecule has 1 aromatic rings. The molecule has 0 spiro atoms. The number of carboxylic acid groups (broad SMARTS) is 1. The monoisotopic (exact) mass is 301 g/mol. The number of nitrogens with one attached hydrogen (secondary N) is 1. The maximum atomic E-state index is 12.3. The number of benzene rings is 1. The molecule has 0 radical (unpaired) electrons. The lowest BCUT2D eigenvalue weighted by Gasteiger charge is -2.27. The Bertz CT molecular complexity index is 610. The third-order valence-electron chi connectivity index (χ3n) is 2.79. The Hall–Kier alpha value is -1.68. The first-order chi connectivity index (χ1) is 9.40. The van der Waals surface area contributed by atoms with Gasteiger partial charge in [-0.05, 0) is 18.2 Å². The predicted molar refractivity (Wildman–Crippen MR) is 70.5 cm³/mol. The minimum absolute atomic E-state index is 0.178. The van der Waals surface area contributed by atoms with Gasteiger partial charge in [0.25, 0.3) is 10.0 Å². The summed E-state index contributed by atoms with van der Waals surface area (Å²) in [7, 11) is -4.00. The van der Waals surface area contributed by atoms with E-state index < -0.39 is 16.0 Å². The van der Waals surface area contributed by atoms with Gasteiger partial charge in [-0.3, -0.25) is 0 Å². The lowest BCUT2D eigenvalue weighted by Crippen LogP contribution is -2.48. The maximum absolute atomic E-state index is 12.3. The average Bonchev–Trinajstić information content (AvgIpc) is 2.39. The molecular formula is C11H15N3O5S. The number of nitrogens with zero attached hydrogens (tertiary/aromatic N) is 1. The van der Waals surface area contributed by atoms with Crippen molar-refractivity contribution in [2.24, 2.45) is 0 Å². The van der Waals surface area contributed by atoms with Gasteiger partial charge in [0.15, 0.2) is 0 Å². The van der Waals surface area contributed by atoms with Gasteiger partial charge in [-0.15, -0.1) is 4.83 Å². The molecule has 1 aliphatic rings. The number of sulfonamides is 1. The number of rotatable bonds is 4. The number of hydrogen-bond donors (Lipinski definition) is 3. The van der Waals surface area contributed by atoms with Gasteiger partial charge in [0.05, 0.1) is 23.7 Å². The number of ether oxygens (including phenoxy) is 1. The molecule has 0 aliphatic carbocycles. The Labute approximate surface area is 116 Å². The van der Waals surface area contributed by atoms with Crippen molar-refractivity contribution in [1.29, 1.82) is 0 Å². The van der Waals surface area contributed by atoms with Crippen molar-refractivity contribution in [2.75, 3.05) is 32.0 Å². The second-order valence-electron chi connectivity index (χ2n) is 4.25. The van der Waals surface area contributed by atoms with Crippen LogP contribution in [0.5, 0.6) is 0 Å². The smallest absolute Gasteiger partial charge is 0.337 e. The molecule has 2 rings (SSSR count). The van der Waals surface area contributed by atoms with Gasteiger partial charge in [-0.2, -0.15) is 0 Å². The van der Waals surface area contributed by atoms with Crippen LogP contribution in [0.2, 0.25) is 0 Å². The standard InChI is InChI=1S/C11H15N3O5S/c12-8-1-2-9(11(15)16)10(7-8)20(17,18)13-14-3-5-19-6-4-14/h1-2,7,13H,3-6,12H2,(H,15,16). The first-order valence-corrected chi connectivity index (χ1v) is 7.36. The number of aromatic carboxylic acids is 1. The first-order valence-electron chi connectivity index (χ1n) is 5.88. The Morgan fingerprint density at radius 3 is 2.60 bits per heavy atom. The number of carboxylic acids is 1. The maximum Gasteiger partial charge on any atom is 0.337 e. The summed E-state index contributed by atoms with van der Waals surface area (Å²) in [5.41, 5.74) is 5.40. The van der Waals surface area contributed by atoms with Crippen molar-refractivity contribution in [1.82, 2.24) is 9.84 Å². The van der Waals surface area contributed by atoms with E-state index in [1.54, 1.807) is 0 Å². The molecule has 8 nitrogen and oxygen atoms in total. The number of hydrogen-bond acceptors (Lipinski definition) is 6. The fourth-order valence-electron chi connectivity index (χ4n) is 1.81. The van der Waals surface area contributed by atoms with Crippen LogP contribution in [0, 0.1) is 0 Å². The van der Waals surface area contributed by atoms with Crippen LogP contribution in [0.1, 0.15) is 10.4 Å². The molecule has 1 aliphatic heterocycles. The number of nitrogen functional groups attached to an aromatic ring is 1. The minimum atomic E-state index is -4.00. The molecule has 1 fully saturated rings. The summed E-state index contributed by atoms with van der Waals surface area (Å²) in [4.78, 5) is 13.1. The van der Waals surface area contributed by atoms with Crippen LogP contribution >= 0.6 is 0 Å². The van der Waals surface area contributed by atoms with Crippen LogP contribution in [0.4, 0.5) is 5.69 Å². The molecule has 9 heteroatoms. The van der Waals surface area contributed by atoms with E-state index in [-0.39, 0.29) is 16.1 Å². The largest absolute Gasteiger partial charge is 0.478 e. The first kappa shape index (κ1) is 14.7. The molecule has 1 heterocycles. The molecule has 0 atom stereocenters. The highest BCUT2D eigenvalue weighted by Crippen LogP contribution is 2.19. The second-order valence-corrected chi connectivity index (χ2v) is 5.88. The molecule has 0 aromatic heterocycles. The highest BCUT2D eigenvalue weighted by atomic mass is 32.2. The number of hydrazine groups is 1. The van der Waals surface area contributed by atoms with E-state index >= 15 is 0 Å². The zero-order valence-corrected chi connectivity index (χ0v) is 11.4. The fraction of sp³-hybridized carbons (Fsp3) is 0.364. The van der Waals surface area contributed by atoms with E-state index in [9.17, 15) is 13.2 Å². The summed E-state index contributed by atoms with van der Waals surface area (Å²) >= 11 is 0. The van der Waals surface area contributed by atoms with Crippen LogP contribution in [-0.2, 0) is 14.8 Å². The SMILES string of the molecule is Nc1ccc(C(=O)O)c(S(=O)(=O)NN2CCOCC2)c1. The molecule has 0 unspecified atom stereocenters. The van der Waals surface area contributed by atoms with Crippen molar-refractivity contribution in [3.63, 3.8) is 0 Å². The van der Waals surface area contributed by atoms with Gasteiger partial charge in [-0.25, -0.2) is 18.2 Å². The Kier molecular flexibility index (Phi) is 4.23. The normalized spacial score (nSPS) is 17.0. The van der Waals surface area contributed by atoms with Crippen LogP contribution in [-0.4, -0.2) is 50.8 Å². The van der Waals surface area contributed by atoms with E-state index in [0.717, 1.165) is 6.07 Å². The third kappa shape index (κ3) is 3.25. The van der Waals surface area contributed by atoms with E-state index in [0.29, 0.717) is 26.3 Å². The van der Waals surface area contributed by atoms with Crippen LogP contribution in [0.15, 0.2) is 23.1 Å². The molecule has 1 saturated heterocycles. The zero-order chi connectivity index (χ0) is 14.8. The molecular weight excluding hydrogens is 286 g/mol. The van der Waals surface area contributed by atoms with Gasteiger partial charge >= 0.3 is 5.97 Å². The van der Waals surface area contributed by atoms with Crippen molar-refractivity contribution in [2.45, 2.75) is 4.90 Å². The highest BCUT2D eigenvalue weighted by molar-refractivity contribution is 7.89. The number of anilines is 1. The van der Waals surface area contributed by atoms with E-state index in [4.69, 9.17) is 15.6 Å². The summed E-state index contributed by atoms with van der Waals surface area (Å²) in [6, 6.07) is 3.65. The highest BCUT2D eigenvalue weighted by Gasteiger charge is 2.25. The second kappa shape index (κ2) is 5.75. The van der Waals surface area contributed by atoms with Crippen molar-refractivity contribution >= 4 is 21.7 Å². The van der Waals surface area contributed by atoms with E-state index in [1.165, 1.54) is 17.1 Å². The summed E-state index contributed by atoms with van der Waals surface area (Å²) in [5.74, 6) is -1.33. The Morgan fingerprint density at radius 1 is 1.35 bits per heavy atom. The lowest BCUT2D eigenvalue weighted by atomic mass is 10.2. The van der Waals surface area contributed by atoms with E-state index in [2.05, 4.69) is 4.83 Å². The number of nitrogens with two attached hydrogens (primary N) is 1. The predicted octanol–water partition coefficient (Wildman–Crippen LogP) is -0.507. The van der Waals surface area contributed by atoms with Crippen LogP contribution in [0.25, 0.3) is 0 Å². The van der Waals surface area contributed by atoms with Crippen molar-refractivity contribution in [3.05, 3.63) is 23.8 Å². The van der Waals surface area contributed by atoms with Gasteiger partial charge in [0, 0.05) is 18.8 Å². The lowest BCUT2D eigenvalue weighted by molar-refractivity contribution is 0.0272.